The van der Waals surface area contributed by atoms with E-state index in [4.69, 9.17) is 16.3 Å². The Hall–Kier alpha value is -2.67. The van der Waals surface area contributed by atoms with E-state index in [1.807, 2.05) is 55.6 Å². The van der Waals surface area contributed by atoms with E-state index >= 15 is 0 Å². The number of aryl methyl sites for hydroxylation is 1. The minimum absolute atomic E-state index is 0.125. The fraction of sp³-hybridized carbons (Fsp3) is 0.120. The number of anilines is 1. The highest BCUT2D eigenvalue weighted by Gasteiger charge is 2.14. The van der Waals surface area contributed by atoms with Crippen molar-refractivity contribution in [1.29, 1.82) is 0 Å². The zero-order valence-corrected chi connectivity index (χ0v) is 20.6. The standard InChI is InChI=1S/C25H20BrClN2O2S/c1-15-12-21(23(26)16(2)24(15)27)31-13-22(30)29-25-28-20(14-32-25)19-10-8-18(9-11-19)17-6-4-3-5-7-17/h3-12,14H,13H2,1-2H3,(H,28,29,30). The Morgan fingerprint density at radius 3 is 2.44 bits per heavy atom. The Labute approximate surface area is 204 Å². The number of hydrogen-bond donors (Lipinski definition) is 1. The minimum atomic E-state index is -0.275. The number of halogens is 2. The number of aromatic nitrogens is 1. The van der Waals surface area contributed by atoms with E-state index < -0.39 is 0 Å². The van der Waals surface area contributed by atoms with Gasteiger partial charge in [-0.25, -0.2) is 4.98 Å². The maximum absolute atomic E-state index is 12.4. The maximum Gasteiger partial charge on any atom is 0.264 e. The van der Waals surface area contributed by atoms with Gasteiger partial charge in [-0.05, 0) is 58.1 Å². The van der Waals surface area contributed by atoms with Crippen molar-refractivity contribution in [3.8, 4) is 28.1 Å². The van der Waals surface area contributed by atoms with Crippen LogP contribution in [0, 0.1) is 13.8 Å². The van der Waals surface area contributed by atoms with Crippen molar-refractivity contribution in [2.24, 2.45) is 0 Å². The van der Waals surface area contributed by atoms with Gasteiger partial charge in [-0.15, -0.1) is 11.3 Å². The van der Waals surface area contributed by atoms with Crippen molar-refractivity contribution >= 4 is 49.9 Å². The number of thiazole rings is 1. The van der Waals surface area contributed by atoms with Crippen LogP contribution >= 0.6 is 38.9 Å². The van der Waals surface area contributed by atoms with Gasteiger partial charge in [0.25, 0.3) is 5.91 Å². The maximum atomic E-state index is 12.4. The lowest BCUT2D eigenvalue weighted by atomic mass is 10.0. The molecule has 0 fully saturated rings. The van der Waals surface area contributed by atoms with Gasteiger partial charge in [0.1, 0.15) is 5.75 Å². The molecule has 0 aliphatic carbocycles. The van der Waals surface area contributed by atoms with Crippen LogP contribution in [0.1, 0.15) is 11.1 Å². The summed E-state index contributed by atoms with van der Waals surface area (Å²) in [6, 6.07) is 20.2. The summed E-state index contributed by atoms with van der Waals surface area (Å²) < 4.78 is 6.44. The van der Waals surface area contributed by atoms with E-state index in [1.165, 1.54) is 16.9 Å². The van der Waals surface area contributed by atoms with Crippen LogP contribution in [0.4, 0.5) is 5.13 Å². The average Bonchev–Trinajstić information content (AvgIpc) is 3.28. The third-order valence-electron chi connectivity index (χ3n) is 4.97. The molecule has 7 heteroatoms. The van der Waals surface area contributed by atoms with Crippen molar-refractivity contribution in [3.63, 3.8) is 0 Å². The van der Waals surface area contributed by atoms with E-state index in [9.17, 15) is 4.79 Å². The molecule has 0 radical (unpaired) electrons. The summed E-state index contributed by atoms with van der Waals surface area (Å²) in [5, 5.41) is 5.94. The third-order valence-corrected chi connectivity index (χ3v) is 7.29. The van der Waals surface area contributed by atoms with Crippen molar-refractivity contribution < 1.29 is 9.53 Å². The van der Waals surface area contributed by atoms with E-state index in [-0.39, 0.29) is 12.5 Å². The predicted molar refractivity (Wildman–Crippen MR) is 136 cm³/mol. The lowest BCUT2D eigenvalue weighted by Crippen LogP contribution is -2.20. The number of rotatable bonds is 6. The molecule has 0 aliphatic heterocycles. The molecule has 32 heavy (non-hydrogen) atoms. The van der Waals surface area contributed by atoms with Crippen LogP contribution in [-0.2, 0) is 4.79 Å². The second-order valence-electron chi connectivity index (χ2n) is 7.26. The Morgan fingerprint density at radius 1 is 1.06 bits per heavy atom. The highest BCUT2D eigenvalue weighted by Crippen LogP contribution is 2.35. The summed E-state index contributed by atoms with van der Waals surface area (Å²) in [6.45, 7) is 3.67. The van der Waals surface area contributed by atoms with Crippen LogP contribution in [0.25, 0.3) is 22.4 Å². The summed E-state index contributed by atoms with van der Waals surface area (Å²) in [5.74, 6) is 0.306. The predicted octanol–water partition coefficient (Wildman–Crippen LogP) is 7.53. The molecular weight excluding hydrogens is 508 g/mol. The molecule has 0 saturated heterocycles. The van der Waals surface area contributed by atoms with Crippen molar-refractivity contribution in [3.05, 3.63) is 86.7 Å². The third kappa shape index (κ3) is 5.04. The highest BCUT2D eigenvalue weighted by molar-refractivity contribution is 9.10. The fourth-order valence-electron chi connectivity index (χ4n) is 3.23. The molecule has 0 bridgehead atoms. The molecule has 1 amide bonds. The first-order valence-electron chi connectivity index (χ1n) is 9.91. The van der Waals surface area contributed by atoms with Crippen LogP contribution in [0.5, 0.6) is 5.75 Å². The van der Waals surface area contributed by atoms with Gasteiger partial charge >= 0.3 is 0 Å². The van der Waals surface area contributed by atoms with Crippen molar-refractivity contribution in [2.75, 3.05) is 11.9 Å². The fourth-order valence-corrected chi connectivity index (χ4v) is 4.66. The summed E-state index contributed by atoms with van der Waals surface area (Å²) in [4.78, 5) is 16.9. The number of amides is 1. The summed E-state index contributed by atoms with van der Waals surface area (Å²) in [6.07, 6.45) is 0. The van der Waals surface area contributed by atoms with Crippen LogP contribution < -0.4 is 10.1 Å². The molecule has 0 spiro atoms. The second kappa shape index (κ2) is 9.86. The van der Waals surface area contributed by atoms with E-state index in [1.54, 1.807) is 0 Å². The van der Waals surface area contributed by atoms with Crippen LogP contribution in [0.3, 0.4) is 0 Å². The van der Waals surface area contributed by atoms with Gasteiger partial charge in [-0.2, -0.15) is 0 Å². The number of hydrogen-bond acceptors (Lipinski definition) is 4. The molecular formula is C25H20BrClN2O2S. The summed E-state index contributed by atoms with van der Waals surface area (Å²) >= 11 is 11.1. The molecule has 1 aromatic heterocycles. The van der Waals surface area contributed by atoms with Gasteiger partial charge < -0.3 is 4.74 Å². The Bertz CT molecular complexity index is 1260. The number of carbonyl (C=O) groups is 1. The SMILES string of the molecule is Cc1cc(OCC(=O)Nc2nc(-c3ccc(-c4ccccc4)cc3)cs2)c(Br)c(C)c1Cl. The normalized spacial score (nSPS) is 10.8. The number of benzene rings is 3. The minimum Gasteiger partial charge on any atom is -0.483 e. The van der Waals surface area contributed by atoms with E-state index in [2.05, 4.69) is 50.5 Å². The quantitative estimate of drug-likeness (QED) is 0.282. The van der Waals surface area contributed by atoms with Gasteiger partial charge in [0.2, 0.25) is 0 Å². The lowest BCUT2D eigenvalue weighted by Gasteiger charge is -2.12. The zero-order valence-electron chi connectivity index (χ0n) is 17.5. The molecule has 4 aromatic rings. The first-order valence-corrected chi connectivity index (χ1v) is 12.0. The van der Waals surface area contributed by atoms with Crippen molar-refractivity contribution in [1.82, 2.24) is 4.98 Å². The molecule has 4 nitrogen and oxygen atoms in total. The summed E-state index contributed by atoms with van der Waals surface area (Å²) in [5.41, 5.74) is 5.90. The Kier molecular flexibility index (Phi) is 6.94. The van der Waals surface area contributed by atoms with Crippen LogP contribution in [0.2, 0.25) is 5.02 Å². The largest absolute Gasteiger partial charge is 0.483 e. The van der Waals surface area contributed by atoms with Gasteiger partial charge in [-0.3, -0.25) is 10.1 Å². The van der Waals surface area contributed by atoms with E-state index in [0.717, 1.165) is 32.4 Å². The smallest absolute Gasteiger partial charge is 0.264 e. The molecule has 162 valence electrons. The molecule has 0 unspecified atom stereocenters. The number of ether oxygens (including phenoxy) is 1. The zero-order chi connectivity index (χ0) is 22.7. The first-order chi connectivity index (χ1) is 15.4. The first kappa shape index (κ1) is 22.5. The van der Waals surface area contributed by atoms with Crippen molar-refractivity contribution in [2.45, 2.75) is 13.8 Å². The van der Waals surface area contributed by atoms with Crippen LogP contribution in [-0.4, -0.2) is 17.5 Å². The number of nitrogens with one attached hydrogen (secondary N) is 1. The molecule has 1 N–H and O–H groups in total. The average molecular weight is 528 g/mol. The lowest BCUT2D eigenvalue weighted by molar-refractivity contribution is -0.118. The number of nitrogens with zero attached hydrogens (tertiary/aromatic N) is 1. The van der Waals surface area contributed by atoms with Gasteiger partial charge in [0.15, 0.2) is 11.7 Å². The molecule has 3 aromatic carbocycles. The van der Waals surface area contributed by atoms with Gasteiger partial charge in [0.05, 0.1) is 10.2 Å². The van der Waals surface area contributed by atoms with E-state index in [0.29, 0.717) is 15.9 Å². The topological polar surface area (TPSA) is 51.2 Å². The molecule has 0 aliphatic rings. The molecule has 1 heterocycles. The van der Waals surface area contributed by atoms with Gasteiger partial charge in [0, 0.05) is 16.0 Å². The van der Waals surface area contributed by atoms with Gasteiger partial charge in [-0.1, -0.05) is 66.2 Å². The Morgan fingerprint density at radius 2 is 1.72 bits per heavy atom. The highest BCUT2D eigenvalue weighted by atomic mass is 79.9. The molecule has 4 rings (SSSR count). The second-order valence-corrected chi connectivity index (χ2v) is 9.29. The molecule has 0 saturated carbocycles. The Balaban J connectivity index is 1.39. The monoisotopic (exact) mass is 526 g/mol. The summed E-state index contributed by atoms with van der Waals surface area (Å²) in [7, 11) is 0. The molecule has 0 atom stereocenters. The van der Waals surface area contributed by atoms with Crippen LogP contribution in [0.15, 0.2) is 70.5 Å². The number of carbonyl (C=O) groups excluding carboxylic acids is 1.